The van der Waals surface area contributed by atoms with Crippen molar-refractivity contribution in [2.24, 2.45) is 24.6 Å². The van der Waals surface area contributed by atoms with Crippen molar-refractivity contribution in [3.05, 3.63) is 60.2 Å². The largest absolute Gasteiger partial charge is 0.494 e. The van der Waals surface area contributed by atoms with Crippen LogP contribution in [0.3, 0.4) is 0 Å². The highest BCUT2D eigenvalue weighted by molar-refractivity contribution is 6.00. The Morgan fingerprint density at radius 1 is 1.13 bits per heavy atom. The monoisotopic (exact) mass is 604 g/mol. The van der Waals surface area contributed by atoms with Crippen LogP contribution in [0.4, 0.5) is 5.82 Å². The number of likely N-dealkylation sites (tertiary alicyclic amines) is 1. The Morgan fingerprint density at radius 2 is 2.00 bits per heavy atom. The number of nitrogens with two attached hydrogens (primary N) is 1. The first-order chi connectivity index (χ1) is 22.0. The molecule has 4 fully saturated rings. The van der Waals surface area contributed by atoms with Crippen molar-refractivity contribution in [3.8, 4) is 17.3 Å². The van der Waals surface area contributed by atoms with Gasteiger partial charge in [0.25, 0.3) is 5.91 Å². The Labute approximate surface area is 260 Å². The lowest BCUT2D eigenvalue weighted by atomic mass is 10.00. The molecular weight excluding hydrogens is 568 g/mol. The van der Waals surface area contributed by atoms with Crippen molar-refractivity contribution in [3.63, 3.8) is 0 Å². The minimum Gasteiger partial charge on any atom is -0.494 e. The molecule has 9 rings (SSSR count). The number of pyridine rings is 1. The van der Waals surface area contributed by atoms with Crippen molar-refractivity contribution in [1.82, 2.24) is 39.3 Å². The fraction of sp³-hybridized carbons (Fsp3) is 0.424. The first kappa shape index (κ1) is 26.8. The van der Waals surface area contributed by atoms with E-state index in [4.69, 9.17) is 20.4 Å². The number of nitrogens with zero attached hydrogens (tertiary/aromatic N) is 8. The summed E-state index contributed by atoms with van der Waals surface area (Å²) in [5.41, 5.74) is 11.5. The van der Waals surface area contributed by atoms with Crippen molar-refractivity contribution in [2.75, 3.05) is 38.2 Å². The normalized spacial score (nSPS) is 24.2. The standard InChI is InChI=1S/C33H36N10O2/c1-40-26(9-19-4-3-7-36-31(19)40)32-39-22-8-21(33(44)42-17-20-5-6-25(42)29(20)34)10-27(45-2)30(22)43(32)16-18-14-41(15-18)28-13-35-11-24(38-28)23-12-37-23/h3-4,7-11,13,18,20,23,25,29,37H,5-6,12,14-17,34H2,1-2H3/t20?,23?,25?,29-/m1/s1. The van der Waals surface area contributed by atoms with Crippen LogP contribution in [0.1, 0.15) is 34.9 Å². The van der Waals surface area contributed by atoms with Gasteiger partial charge in [-0.1, -0.05) is 0 Å². The van der Waals surface area contributed by atoms with Crippen LogP contribution in [0.5, 0.6) is 5.75 Å². The predicted molar refractivity (Wildman–Crippen MR) is 170 cm³/mol. The van der Waals surface area contributed by atoms with E-state index in [1.165, 1.54) is 0 Å². The van der Waals surface area contributed by atoms with Gasteiger partial charge in [0.15, 0.2) is 5.82 Å². The summed E-state index contributed by atoms with van der Waals surface area (Å²) in [6.45, 7) is 4.15. The van der Waals surface area contributed by atoms with Gasteiger partial charge in [-0.3, -0.25) is 9.78 Å². The summed E-state index contributed by atoms with van der Waals surface area (Å²) in [6, 6.07) is 10.5. The second kappa shape index (κ2) is 9.98. The number of anilines is 1. The third kappa shape index (κ3) is 4.22. The highest BCUT2D eigenvalue weighted by Gasteiger charge is 2.47. The van der Waals surface area contributed by atoms with Gasteiger partial charge in [0.1, 0.15) is 22.7 Å². The summed E-state index contributed by atoms with van der Waals surface area (Å²) in [7, 11) is 3.69. The number of benzene rings is 1. The number of carbonyl (C=O) groups excluding carboxylic acids is 1. The van der Waals surface area contributed by atoms with E-state index in [1.807, 2.05) is 48.7 Å². The number of piperidine rings is 1. The fourth-order valence-corrected chi connectivity index (χ4v) is 7.79. The van der Waals surface area contributed by atoms with E-state index in [0.29, 0.717) is 29.2 Å². The highest BCUT2D eigenvalue weighted by atomic mass is 16.5. The minimum atomic E-state index is 0.00197. The zero-order chi connectivity index (χ0) is 30.4. The number of rotatable bonds is 7. The summed E-state index contributed by atoms with van der Waals surface area (Å²) in [4.78, 5) is 37.2. The van der Waals surface area contributed by atoms with E-state index < -0.39 is 0 Å². The molecule has 230 valence electrons. The highest BCUT2D eigenvalue weighted by Crippen LogP contribution is 2.40. The van der Waals surface area contributed by atoms with Crippen molar-refractivity contribution in [1.29, 1.82) is 0 Å². The maximum atomic E-state index is 13.8. The first-order valence-electron chi connectivity index (χ1n) is 15.8. The summed E-state index contributed by atoms with van der Waals surface area (Å²) < 4.78 is 10.4. The number of aromatic nitrogens is 6. The van der Waals surface area contributed by atoms with Crippen LogP contribution >= 0.6 is 0 Å². The number of fused-ring (bicyclic) bond motifs is 4. The second-order valence-electron chi connectivity index (χ2n) is 13.1. The molecule has 3 aliphatic heterocycles. The van der Waals surface area contributed by atoms with Gasteiger partial charge in [-0.15, -0.1) is 0 Å². The molecule has 3 saturated heterocycles. The molecule has 1 amide bonds. The molecule has 4 aliphatic rings. The number of ether oxygens (including phenoxy) is 1. The van der Waals surface area contributed by atoms with Crippen LogP contribution in [-0.4, -0.2) is 85.2 Å². The molecule has 1 saturated carbocycles. The quantitative estimate of drug-likeness (QED) is 0.268. The maximum absolute atomic E-state index is 13.8. The summed E-state index contributed by atoms with van der Waals surface area (Å²) in [5.74, 6) is 3.15. The van der Waals surface area contributed by atoms with Crippen LogP contribution in [0.25, 0.3) is 33.6 Å². The lowest BCUT2D eigenvalue weighted by molar-refractivity contribution is 0.0700. The minimum absolute atomic E-state index is 0.00197. The molecule has 4 aromatic heterocycles. The Kier molecular flexibility index (Phi) is 5.95. The van der Waals surface area contributed by atoms with Gasteiger partial charge in [-0.25, -0.2) is 15.0 Å². The van der Waals surface area contributed by atoms with Crippen LogP contribution in [0.15, 0.2) is 48.9 Å². The van der Waals surface area contributed by atoms with Gasteiger partial charge >= 0.3 is 0 Å². The van der Waals surface area contributed by atoms with E-state index in [0.717, 1.165) is 90.7 Å². The molecular formula is C33H36N10O2. The van der Waals surface area contributed by atoms with Gasteiger partial charge in [-0.05, 0) is 49.1 Å². The molecule has 12 nitrogen and oxygen atoms in total. The summed E-state index contributed by atoms with van der Waals surface area (Å²) in [6.07, 6.45) is 7.58. The second-order valence-corrected chi connectivity index (χ2v) is 13.1. The predicted octanol–water partition coefficient (Wildman–Crippen LogP) is 2.73. The Balaban J connectivity index is 1.10. The van der Waals surface area contributed by atoms with Gasteiger partial charge in [-0.2, -0.15) is 0 Å². The maximum Gasteiger partial charge on any atom is 0.254 e. The van der Waals surface area contributed by atoms with E-state index in [2.05, 4.69) is 41.5 Å². The topological polar surface area (TPSA) is 142 Å². The first-order valence-corrected chi connectivity index (χ1v) is 15.8. The summed E-state index contributed by atoms with van der Waals surface area (Å²) in [5, 5.41) is 4.36. The van der Waals surface area contributed by atoms with Crippen molar-refractivity contribution >= 4 is 33.8 Å². The van der Waals surface area contributed by atoms with Crippen LogP contribution in [0, 0.1) is 11.8 Å². The van der Waals surface area contributed by atoms with Gasteiger partial charge in [0.2, 0.25) is 0 Å². The number of carbonyl (C=O) groups is 1. The molecule has 4 atom stereocenters. The number of hydrogen-bond acceptors (Lipinski definition) is 9. The van der Waals surface area contributed by atoms with E-state index in [1.54, 1.807) is 7.11 Å². The van der Waals surface area contributed by atoms with Crippen molar-refractivity contribution in [2.45, 2.75) is 37.5 Å². The fourth-order valence-electron chi connectivity index (χ4n) is 7.79. The number of amides is 1. The van der Waals surface area contributed by atoms with Crippen LogP contribution in [0.2, 0.25) is 0 Å². The molecule has 1 aliphatic carbocycles. The average molecular weight is 605 g/mol. The molecule has 0 radical (unpaired) electrons. The zero-order valence-electron chi connectivity index (χ0n) is 25.4. The molecule has 2 bridgehead atoms. The van der Waals surface area contributed by atoms with Gasteiger partial charge in [0, 0.05) is 74.9 Å². The SMILES string of the molecule is COc1cc(C(=O)N2CC3CCC2[C@@H]3N)cc2nc(-c3cc4cccnc4n3C)n(CC3CN(c4cncc(C5CN5)n4)C3)c12. The summed E-state index contributed by atoms with van der Waals surface area (Å²) >= 11 is 0. The number of methoxy groups -OCH3 is 1. The molecule has 45 heavy (non-hydrogen) atoms. The molecule has 0 spiro atoms. The average Bonchev–Trinajstić information content (AvgIpc) is 3.54. The molecule has 1 aromatic carbocycles. The number of hydrogen-bond donors (Lipinski definition) is 2. The van der Waals surface area contributed by atoms with Crippen molar-refractivity contribution < 1.29 is 9.53 Å². The van der Waals surface area contributed by atoms with Gasteiger partial charge < -0.3 is 34.7 Å². The lowest BCUT2D eigenvalue weighted by Gasteiger charge is -2.40. The number of aryl methyl sites for hydroxylation is 1. The van der Waals surface area contributed by atoms with E-state index >= 15 is 0 Å². The smallest absolute Gasteiger partial charge is 0.254 e. The molecule has 5 aromatic rings. The molecule has 3 unspecified atom stereocenters. The van der Waals surface area contributed by atoms with E-state index in [-0.39, 0.29) is 18.0 Å². The molecule has 3 N–H and O–H groups in total. The third-order valence-electron chi connectivity index (χ3n) is 10.3. The molecule has 7 heterocycles. The van der Waals surface area contributed by atoms with E-state index in [9.17, 15) is 4.79 Å². The Morgan fingerprint density at radius 3 is 2.73 bits per heavy atom. The molecule has 12 heteroatoms. The van der Waals surface area contributed by atoms with Crippen LogP contribution in [-0.2, 0) is 13.6 Å². The zero-order valence-corrected chi connectivity index (χ0v) is 25.4. The lowest BCUT2D eigenvalue weighted by Crippen LogP contribution is -2.49. The third-order valence-corrected chi connectivity index (χ3v) is 10.3. The Bertz CT molecular complexity index is 1970. The van der Waals surface area contributed by atoms with Crippen LogP contribution < -0.4 is 20.7 Å². The Hall–Kier alpha value is -4.55. The number of nitrogens with one attached hydrogen (secondary N) is 1. The van der Waals surface area contributed by atoms with Gasteiger partial charge in [0.05, 0.1) is 42.4 Å². The number of imidazole rings is 1.